The number of hydrogen-bond acceptors (Lipinski definition) is 8. The molecule has 1 saturated carbocycles. The molecule has 1 unspecified atom stereocenters. The molecule has 1 aromatic rings. The van der Waals surface area contributed by atoms with Crippen LogP contribution in [0.4, 0.5) is 0 Å². The molecule has 9 nitrogen and oxygen atoms in total. The Balaban J connectivity index is 1.69. The number of carboxylic acids is 1. The molecule has 3 aliphatic rings. The van der Waals surface area contributed by atoms with Gasteiger partial charge in [0, 0.05) is 24.4 Å². The van der Waals surface area contributed by atoms with Gasteiger partial charge in [-0.25, -0.2) is 0 Å². The Bertz CT molecular complexity index is 1250. The van der Waals surface area contributed by atoms with E-state index in [1.165, 1.54) is 6.92 Å². The first-order valence-corrected chi connectivity index (χ1v) is 12.8. The van der Waals surface area contributed by atoms with E-state index in [4.69, 9.17) is 5.11 Å². The number of benzene rings is 1. The lowest BCUT2D eigenvalue weighted by molar-refractivity contribution is -0.165. The fraction of sp³-hybridized carbons (Fsp3) is 0.536. The molecule has 3 aliphatic carbocycles. The molecule has 0 radical (unpaired) electrons. The van der Waals surface area contributed by atoms with E-state index in [9.17, 15) is 34.2 Å². The second-order valence-corrected chi connectivity index (χ2v) is 10.5. The summed E-state index contributed by atoms with van der Waals surface area (Å²) in [7, 11) is 0. The fourth-order valence-corrected chi connectivity index (χ4v) is 6.49. The molecular weight excluding hydrogens is 478 g/mol. The molecule has 0 heterocycles. The van der Waals surface area contributed by atoms with E-state index in [0.717, 1.165) is 5.56 Å². The van der Waals surface area contributed by atoms with Gasteiger partial charge in [0.25, 0.3) is 0 Å². The van der Waals surface area contributed by atoms with Gasteiger partial charge in [-0.05, 0) is 69.5 Å². The van der Waals surface area contributed by atoms with Crippen LogP contribution in [0.5, 0.6) is 5.75 Å². The van der Waals surface area contributed by atoms with Crippen molar-refractivity contribution in [1.82, 2.24) is 5.32 Å². The molecule has 37 heavy (non-hydrogen) atoms. The average Bonchev–Trinajstić information content (AvgIpc) is 2.82. The number of phenolic OH excluding ortho intramolecular Hbond substituents is 1. The van der Waals surface area contributed by atoms with E-state index in [-0.39, 0.29) is 42.7 Å². The molecule has 0 saturated heterocycles. The third-order valence-electron chi connectivity index (χ3n) is 8.23. The van der Waals surface area contributed by atoms with Gasteiger partial charge in [0.2, 0.25) is 5.78 Å². The quantitative estimate of drug-likeness (QED) is 0.233. The van der Waals surface area contributed by atoms with Gasteiger partial charge >= 0.3 is 5.97 Å². The second-order valence-electron chi connectivity index (χ2n) is 10.5. The topological polar surface area (TPSA) is 158 Å². The highest BCUT2D eigenvalue weighted by Gasteiger charge is 2.63. The van der Waals surface area contributed by atoms with Gasteiger partial charge in [-0.3, -0.25) is 24.0 Å². The monoisotopic (exact) mass is 511 g/mol. The lowest BCUT2D eigenvalue weighted by Crippen LogP contribution is -2.64. The first-order valence-electron chi connectivity index (χ1n) is 12.8. The number of carbonyl (C=O) groups is 5. The van der Waals surface area contributed by atoms with Gasteiger partial charge in [0.05, 0.1) is 17.1 Å². The molecule has 1 fully saturated rings. The van der Waals surface area contributed by atoms with E-state index in [0.29, 0.717) is 42.5 Å². The molecule has 0 bridgehead atoms. The van der Waals surface area contributed by atoms with Gasteiger partial charge in [-0.2, -0.15) is 0 Å². The zero-order chi connectivity index (χ0) is 27.2. The fourth-order valence-electron chi connectivity index (χ4n) is 6.49. The van der Waals surface area contributed by atoms with Crippen LogP contribution in [0.15, 0.2) is 17.2 Å². The molecule has 0 aliphatic heterocycles. The highest BCUT2D eigenvalue weighted by atomic mass is 16.4. The van der Waals surface area contributed by atoms with Crippen molar-refractivity contribution in [2.24, 2.45) is 17.8 Å². The summed E-state index contributed by atoms with van der Waals surface area (Å²) in [4.78, 5) is 63.6. The molecule has 0 spiro atoms. The van der Waals surface area contributed by atoms with E-state index in [1.807, 2.05) is 13.0 Å². The van der Waals surface area contributed by atoms with E-state index >= 15 is 0 Å². The van der Waals surface area contributed by atoms with Gasteiger partial charge < -0.3 is 20.6 Å². The number of Topliss-reactive ketones (excluding diaryl/α,β-unsaturated/α-hetero) is 4. The Morgan fingerprint density at radius 2 is 1.86 bits per heavy atom. The first kappa shape index (κ1) is 26.9. The van der Waals surface area contributed by atoms with Crippen molar-refractivity contribution in [1.29, 1.82) is 0 Å². The summed E-state index contributed by atoms with van der Waals surface area (Å²) in [6.45, 7) is 5.44. The summed E-state index contributed by atoms with van der Waals surface area (Å²) in [5.74, 6) is -6.46. The zero-order valence-electron chi connectivity index (χ0n) is 21.3. The SMILES string of the molecule is CCc1cc(CNCCCC(=O)O)c(O)c2c1C[C@H]1C[C@H]3CC(C)=C(C(C)=O)C(=O)[C@@]3(O)C(=O)C1C2=O. The molecule has 198 valence electrons. The van der Waals surface area contributed by atoms with Crippen molar-refractivity contribution in [3.05, 3.63) is 39.5 Å². The van der Waals surface area contributed by atoms with Crippen LogP contribution < -0.4 is 5.32 Å². The number of carboxylic acid groups (broad SMARTS) is 1. The molecule has 4 atom stereocenters. The number of hydrogen-bond donors (Lipinski definition) is 4. The number of carbonyl (C=O) groups excluding carboxylic acids is 4. The van der Waals surface area contributed by atoms with Crippen molar-refractivity contribution in [2.45, 2.75) is 71.4 Å². The third kappa shape index (κ3) is 4.34. The number of nitrogens with one attached hydrogen (secondary N) is 1. The summed E-state index contributed by atoms with van der Waals surface area (Å²) in [5, 5.41) is 34.4. The van der Waals surface area contributed by atoms with Gasteiger partial charge in [0.15, 0.2) is 23.0 Å². The maximum Gasteiger partial charge on any atom is 0.303 e. The average molecular weight is 512 g/mol. The number of allylic oxidation sites excluding steroid dienone is 1. The van der Waals surface area contributed by atoms with Crippen LogP contribution in [0.1, 0.15) is 73.5 Å². The minimum atomic E-state index is -2.43. The number of fused-ring (bicyclic) bond motifs is 3. The lowest BCUT2D eigenvalue weighted by atomic mass is 9.54. The molecule has 0 amide bonds. The highest BCUT2D eigenvalue weighted by Crippen LogP contribution is 2.51. The Morgan fingerprint density at radius 3 is 2.49 bits per heavy atom. The predicted octanol–water partition coefficient (Wildman–Crippen LogP) is 2.08. The molecule has 4 rings (SSSR count). The number of rotatable bonds is 8. The number of aliphatic carboxylic acids is 1. The van der Waals surface area contributed by atoms with Crippen LogP contribution in [0.25, 0.3) is 0 Å². The smallest absolute Gasteiger partial charge is 0.303 e. The normalized spacial score (nSPS) is 27.0. The summed E-state index contributed by atoms with van der Waals surface area (Å²) < 4.78 is 0. The van der Waals surface area contributed by atoms with Crippen molar-refractivity contribution in [3.63, 3.8) is 0 Å². The second kappa shape index (κ2) is 9.95. The molecule has 4 N–H and O–H groups in total. The molecule has 1 aromatic carbocycles. The van der Waals surface area contributed by atoms with Crippen LogP contribution in [0.2, 0.25) is 0 Å². The predicted molar refractivity (Wildman–Crippen MR) is 132 cm³/mol. The van der Waals surface area contributed by atoms with Crippen molar-refractivity contribution < 1.29 is 39.3 Å². The molecule has 0 aromatic heterocycles. The van der Waals surface area contributed by atoms with Gasteiger partial charge in [-0.15, -0.1) is 0 Å². The Kier molecular flexibility index (Phi) is 7.23. The van der Waals surface area contributed by atoms with Crippen molar-refractivity contribution in [2.75, 3.05) is 6.54 Å². The lowest BCUT2D eigenvalue weighted by Gasteiger charge is -2.48. The summed E-state index contributed by atoms with van der Waals surface area (Å²) in [5.41, 5.74) is 0.0445. The van der Waals surface area contributed by atoms with Crippen molar-refractivity contribution >= 4 is 29.1 Å². The largest absolute Gasteiger partial charge is 0.507 e. The van der Waals surface area contributed by atoms with E-state index in [2.05, 4.69) is 5.32 Å². The Hall–Kier alpha value is -3.17. The van der Waals surface area contributed by atoms with Crippen LogP contribution in [0.3, 0.4) is 0 Å². The van der Waals surface area contributed by atoms with Crippen LogP contribution >= 0.6 is 0 Å². The molecular formula is C28H33NO8. The summed E-state index contributed by atoms with van der Waals surface area (Å²) >= 11 is 0. The van der Waals surface area contributed by atoms with Gasteiger partial charge in [-0.1, -0.05) is 18.6 Å². The maximum absolute atomic E-state index is 13.8. The Morgan fingerprint density at radius 1 is 1.16 bits per heavy atom. The Labute approximate surface area is 214 Å². The van der Waals surface area contributed by atoms with Crippen LogP contribution in [-0.2, 0) is 38.6 Å². The minimum Gasteiger partial charge on any atom is -0.507 e. The zero-order valence-corrected chi connectivity index (χ0v) is 21.3. The summed E-state index contributed by atoms with van der Waals surface area (Å²) in [6, 6.07) is 1.84. The summed E-state index contributed by atoms with van der Waals surface area (Å²) in [6.07, 6.45) is 1.89. The number of ketones is 4. The van der Waals surface area contributed by atoms with Crippen molar-refractivity contribution in [3.8, 4) is 5.75 Å². The number of phenols is 1. The van der Waals surface area contributed by atoms with Gasteiger partial charge in [0.1, 0.15) is 5.75 Å². The molecule has 9 heteroatoms. The number of aromatic hydroxyl groups is 1. The number of aryl methyl sites for hydroxylation is 1. The van der Waals surface area contributed by atoms with Crippen LogP contribution in [-0.4, -0.2) is 56.6 Å². The van der Waals surface area contributed by atoms with E-state index in [1.54, 1.807) is 6.92 Å². The van der Waals surface area contributed by atoms with E-state index < -0.39 is 52.5 Å². The van der Waals surface area contributed by atoms with Crippen LogP contribution in [0, 0.1) is 17.8 Å². The third-order valence-corrected chi connectivity index (χ3v) is 8.23. The number of aliphatic hydroxyl groups is 1. The maximum atomic E-state index is 13.8. The highest BCUT2D eigenvalue weighted by molar-refractivity contribution is 6.32. The minimum absolute atomic E-state index is 0.00965. The standard InChI is InChI=1S/C28H33NO8/c1-4-15-9-17(12-29-7-5-6-20(31)32)24(33)23-19(15)11-16-10-18-8-13(2)21(14(3)30)26(35)28(18,37)27(36)22(16)25(23)34/h9,16,18,22,29,33,37H,4-8,10-12H2,1-3H3,(H,31,32)/t16-,18-,22?,28-/m1/s1. The first-order chi connectivity index (χ1) is 17.4.